The fraction of sp³-hybridized carbons (Fsp3) is 0.222. The molecule has 0 bridgehead atoms. The molecule has 0 spiro atoms. The molecule has 30 heavy (non-hydrogen) atoms. The second-order valence-corrected chi connectivity index (χ2v) is 11.6. The van der Waals surface area contributed by atoms with Crippen LogP contribution in [0.4, 0.5) is 0 Å². The molecule has 0 aliphatic carbocycles. The van der Waals surface area contributed by atoms with Gasteiger partial charge in [-0.2, -0.15) is 6.07 Å². The van der Waals surface area contributed by atoms with E-state index in [0.29, 0.717) is 5.92 Å². The molecule has 1 atom stereocenters. The van der Waals surface area contributed by atoms with E-state index in [1.165, 1.54) is 56.1 Å². The van der Waals surface area contributed by atoms with E-state index in [9.17, 15) is 0 Å². The van der Waals surface area contributed by atoms with Crippen molar-refractivity contribution in [2.45, 2.75) is 40.0 Å². The summed E-state index contributed by atoms with van der Waals surface area (Å²) in [5.74, 6) is 0.588. The molecule has 0 radical (unpaired) electrons. The summed E-state index contributed by atoms with van der Waals surface area (Å²) >= 11 is -0.826. The van der Waals surface area contributed by atoms with Crippen LogP contribution in [-0.2, 0) is 20.8 Å². The van der Waals surface area contributed by atoms with Gasteiger partial charge in [-0.05, 0) is 36.5 Å². The van der Waals surface area contributed by atoms with Crippen LogP contribution in [0.1, 0.15) is 42.9 Å². The summed E-state index contributed by atoms with van der Waals surface area (Å²) in [4.78, 5) is 0. The monoisotopic (exact) mass is 511 g/mol. The summed E-state index contributed by atoms with van der Waals surface area (Å²) in [6.07, 6.45) is 1.17. The number of hydrogen-bond acceptors (Lipinski definition) is 0. The predicted octanol–water partition coefficient (Wildman–Crippen LogP) is 9.40. The van der Waals surface area contributed by atoms with E-state index in [1.54, 1.807) is 0 Å². The van der Waals surface area contributed by atoms with Gasteiger partial charge in [-0.25, -0.2) is 0 Å². The van der Waals surface area contributed by atoms with Crippen LogP contribution in [0.2, 0.25) is 0 Å². The topological polar surface area (TPSA) is 0 Å². The Bertz CT molecular complexity index is 1090. The summed E-state index contributed by atoms with van der Waals surface area (Å²) < 4.78 is 0. The number of aryl methyl sites for hydroxylation is 2. The first-order chi connectivity index (χ1) is 14.5. The Labute approximate surface area is 199 Å². The normalized spacial score (nSPS) is 11.7. The van der Waals surface area contributed by atoms with E-state index in [1.807, 2.05) is 0 Å². The molecular weight excluding hydrogens is 486 g/mol. The molecular formula is C27H27Cl2Zr-. The Morgan fingerprint density at radius 2 is 1.50 bits per heavy atom. The van der Waals surface area contributed by atoms with Crippen LogP contribution >= 0.6 is 17.0 Å². The number of rotatable bonds is 4. The van der Waals surface area contributed by atoms with Crippen LogP contribution in [0.5, 0.6) is 0 Å². The molecule has 0 aliphatic heterocycles. The SMILES string of the molecule is CCC(C)c1cc2c(-c3cc(C)cc(C)c3)c(-c3ccccc3)ccc2[cH-]1.[Cl][Zr][Cl]. The molecule has 0 heterocycles. The zero-order chi connectivity index (χ0) is 21.7. The second kappa shape index (κ2) is 10.9. The zero-order valence-corrected chi connectivity index (χ0v) is 21.9. The molecule has 0 nitrogen and oxygen atoms in total. The van der Waals surface area contributed by atoms with Crippen molar-refractivity contribution in [3.05, 3.63) is 89.5 Å². The van der Waals surface area contributed by atoms with Gasteiger partial charge in [0.15, 0.2) is 0 Å². The third-order valence-electron chi connectivity index (χ3n) is 5.69. The second-order valence-electron chi connectivity index (χ2n) is 7.90. The molecule has 154 valence electrons. The summed E-state index contributed by atoms with van der Waals surface area (Å²) in [5, 5.41) is 2.72. The molecule has 0 aliphatic rings. The van der Waals surface area contributed by atoms with Crippen molar-refractivity contribution in [2.24, 2.45) is 0 Å². The minimum absolute atomic E-state index is 0.588. The van der Waals surface area contributed by atoms with Crippen molar-refractivity contribution < 1.29 is 20.8 Å². The van der Waals surface area contributed by atoms with E-state index in [4.69, 9.17) is 17.0 Å². The van der Waals surface area contributed by atoms with Crippen LogP contribution in [0.3, 0.4) is 0 Å². The maximum absolute atomic E-state index is 4.93. The first-order valence-electron chi connectivity index (χ1n) is 10.3. The van der Waals surface area contributed by atoms with Gasteiger partial charge in [0.1, 0.15) is 0 Å². The summed E-state index contributed by atoms with van der Waals surface area (Å²) in [6.45, 7) is 8.97. The zero-order valence-electron chi connectivity index (χ0n) is 18.0. The molecule has 0 N–H and O–H groups in total. The molecule has 0 aromatic heterocycles. The quantitative estimate of drug-likeness (QED) is 0.238. The van der Waals surface area contributed by atoms with Crippen molar-refractivity contribution in [2.75, 3.05) is 0 Å². The van der Waals surface area contributed by atoms with Crippen molar-refractivity contribution in [1.29, 1.82) is 0 Å². The first-order valence-corrected chi connectivity index (χ1v) is 16.6. The summed E-state index contributed by atoms with van der Waals surface area (Å²) in [5.41, 5.74) is 9.35. The van der Waals surface area contributed by atoms with Gasteiger partial charge in [0.05, 0.1) is 0 Å². The average Bonchev–Trinajstić information content (AvgIpc) is 3.17. The van der Waals surface area contributed by atoms with E-state index >= 15 is 0 Å². The van der Waals surface area contributed by atoms with Gasteiger partial charge in [-0.1, -0.05) is 91.6 Å². The van der Waals surface area contributed by atoms with Crippen molar-refractivity contribution in [3.8, 4) is 22.3 Å². The van der Waals surface area contributed by atoms with E-state index in [-0.39, 0.29) is 0 Å². The van der Waals surface area contributed by atoms with Gasteiger partial charge >= 0.3 is 37.9 Å². The summed E-state index contributed by atoms with van der Waals surface area (Å²) in [7, 11) is 9.87. The molecule has 4 rings (SSSR count). The van der Waals surface area contributed by atoms with Crippen molar-refractivity contribution in [3.63, 3.8) is 0 Å². The minimum atomic E-state index is -0.826. The van der Waals surface area contributed by atoms with Gasteiger partial charge in [-0.3, -0.25) is 0 Å². The maximum atomic E-state index is 4.93. The predicted molar refractivity (Wildman–Crippen MR) is 130 cm³/mol. The number of benzene rings is 3. The molecule has 1 unspecified atom stereocenters. The van der Waals surface area contributed by atoms with E-state index in [0.717, 1.165) is 0 Å². The Balaban J connectivity index is 0.000000806. The Hall–Kier alpha value is -1.27. The average molecular weight is 514 g/mol. The van der Waals surface area contributed by atoms with Crippen LogP contribution in [0, 0.1) is 13.8 Å². The fourth-order valence-electron chi connectivity index (χ4n) is 4.11. The van der Waals surface area contributed by atoms with Crippen LogP contribution in [-0.4, -0.2) is 0 Å². The van der Waals surface area contributed by atoms with E-state index < -0.39 is 20.8 Å². The molecule has 4 aromatic rings. The Morgan fingerprint density at radius 1 is 0.867 bits per heavy atom. The van der Waals surface area contributed by atoms with Gasteiger partial charge in [0, 0.05) is 0 Å². The van der Waals surface area contributed by atoms with Crippen LogP contribution in [0.25, 0.3) is 33.0 Å². The standard InChI is InChI=1S/C27H27.2ClH.Zr/c1-5-20(4)23-16-22-11-12-25(21-9-7-6-8-10-21)27(26(22)17-23)24-14-18(2)13-19(3)15-24;;;/h6-17,20H,5H2,1-4H3;2*1H;/q-1;;;+2/p-2. The number of fused-ring (bicyclic) bond motifs is 1. The molecule has 4 aromatic carbocycles. The third kappa shape index (κ3) is 5.31. The molecule has 0 saturated heterocycles. The third-order valence-corrected chi connectivity index (χ3v) is 5.69. The molecule has 0 saturated carbocycles. The van der Waals surface area contributed by atoms with Crippen molar-refractivity contribution in [1.82, 2.24) is 0 Å². The molecule has 0 fully saturated rings. The number of hydrogen-bond donors (Lipinski definition) is 0. The summed E-state index contributed by atoms with van der Waals surface area (Å²) in [6, 6.07) is 27.0. The number of halogens is 2. The fourth-order valence-corrected chi connectivity index (χ4v) is 4.11. The molecule has 0 amide bonds. The van der Waals surface area contributed by atoms with Gasteiger partial charge in [0.25, 0.3) is 0 Å². The Kier molecular flexibility index (Phi) is 8.46. The first kappa shape index (κ1) is 23.4. The molecule has 3 heteroatoms. The van der Waals surface area contributed by atoms with Gasteiger partial charge in [0.2, 0.25) is 0 Å². The van der Waals surface area contributed by atoms with Crippen molar-refractivity contribution >= 4 is 27.8 Å². The Morgan fingerprint density at radius 3 is 2.10 bits per heavy atom. The van der Waals surface area contributed by atoms with Gasteiger partial charge in [-0.15, -0.1) is 28.5 Å². The van der Waals surface area contributed by atoms with Crippen LogP contribution in [0.15, 0.2) is 72.8 Å². The van der Waals surface area contributed by atoms with Crippen LogP contribution < -0.4 is 0 Å². The van der Waals surface area contributed by atoms with E-state index in [2.05, 4.69) is 100 Å². The van der Waals surface area contributed by atoms with Gasteiger partial charge < -0.3 is 0 Å².